The van der Waals surface area contributed by atoms with Gasteiger partial charge in [0.05, 0.1) is 23.3 Å². The van der Waals surface area contributed by atoms with Crippen molar-refractivity contribution < 1.29 is 13.2 Å². The van der Waals surface area contributed by atoms with E-state index in [0.717, 1.165) is 0 Å². The van der Waals surface area contributed by atoms with Crippen LogP contribution in [-0.2, 0) is 14.8 Å². The van der Waals surface area contributed by atoms with Crippen molar-refractivity contribution in [2.45, 2.75) is 11.8 Å². The smallest absolute Gasteiger partial charge is 0.243 e. The monoisotopic (exact) mass is 365 g/mol. The number of hydrogen-bond donors (Lipinski definition) is 0. The molecule has 24 heavy (non-hydrogen) atoms. The predicted octanol–water partition coefficient (Wildman–Crippen LogP) is 2.08. The van der Waals surface area contributed by atoms with E-state index < -0.39 is 10.0 Å². The fourth-order valence-corrected chi connectivity index (χ4v) is 4.51. The lowest BCUT2D eigenvalue weighted by molar-refractivity contribution is -0.119. The second kappa shape index (κ2) is 6.51. The Labute approximate surface area is 145 Å². The van der Waals surface area contributed by atoms with Crippen LogP contribution >= 0.6 is 11.6 Å². The molecule has 1 aromatic heterocycles. The van der Waals surface area contributed by atoms with Crippen LogP contribution < -0.4 is 4.90 Å². The number of carbonyl (C=O) groups is 1. The van der Waals surface area contributed by atoms with Gasteiger partial charge in [-0.2, -0.15) is 4.31 Å². The van der Waals surface area contributed by atoms with Crippen LogP contribution in [0.3, 0.4) is 0 Å². The Balaban J connectivity index is 1.85. The number of carbonyl (C=O) groups excluding carboxylic acids is 1. The number of anilines is 1. The van der Waals surface area contributed by atoms with Crippen molar-refractivity contribution in [3.05, 3.63) is 53.3 Å². The lowest BCUT2D eigenvalue weighted by atomic mass is 10.2. The number of amides is 1. The molecular formula is C16H16ClN3O3S. The Morgan fingerprint density at radius 1 is 1.17 bits per heavy atom. The summed E-state index contributed by atoms with van der Waals surface area (Å²) in [4.78, 5) is 18.1. The number of rotatable bonds is 3. The first-order valence-electron chi connectivity index (χ1n) is 7.37. The molecule has 1 saturated heterocycles. The van der Waals surface area contributed by atoms with Gasteiger partial charge in [-0.05, 0) is 36.8 Å². The van der Waals surface area contributed by atoms with Crippen LogP contribution in [0.15, 0.2) is 47.6 Å². The van der Waals surface area contributed by atoms with Gasteiger partial charge in [0.15, 0.2) is 0 Å². The predicted molar refractivity (Wildman–Crippen MR) is 91.5 cm³/mol. The Hall–Kier alpha value is -1.96. The van der Waals surface area contributed by atoms with Crippen molar-refractivity contribution in [1.82, 2.24) is 9.29 Å². The summed E-state index contributed by atoms with van der Waals surface area (Å²) in [5, 5.41) is 0.386. The van der Waals surface area contributed by atoms with Gasteiger partial charge in [-0.1, -0.05) is 17.7 Å². The maximum Gasteiger partial charge on any atom is 0.243 e. The molecule has 2 aromatic rings. The fraction of sp³-hybridized carbons (Fsp3) is 0.250. The molecule has 0 bridgehead atoms. The lowest BCUT2D eigenvalue weighted by Gasteiger charge is -2.33. The van der Waals surface area contributed by atoms with Crippen LogP contribution in [0.4, 0.5) is 5.69 Å². The molecular weight excluding hydrogens is 350 g/mol. The SMILES string of the molecule is Cc1c(Cl)cccc1S(=O)(=O)N1CCN(c2cccnc2)C(=O)C1. The largest absolute Gasteiger partial charge is 0.308 e. The molecule has 0 radical (unpaired) electrons. The molecule has 6 nitrogen and oxygen atoms in total. The molecule has 0 unspecified atom stereocenters. The second-order valence-corrected chi connectivity index (χ2v) is 7.77. The molecule has 8 heteroatoms. The summed E-state index contributed by atoms with van der Waals surface area (Å²) in [6.07, 6.45) is 3.21. The summed E-state index contributed by atoms with van der Waals surface area (Å²) in [5.74, 6) is -0.280. The van der Waals surface area contributed by atoms with Gasteiger partial charge in [-0.15, -0.1) is 0 Å². The number of benzene rings is 1. The summed E-state index contributed by atoms with van der Waals surface area (Å²) < 4.78 is 26.9. The number of halogens is 1. The number of piperazine rings is 1. The zero-order valence-electron chi connectivity index (χ0n) is 13.0. The zero-order valence-corrected chi connectivity index (χ0v) is 14.6. The quantitative estimate of drug-likeness (QED) is 0.835. The molecule has 1 fully saturated rings. The highest BCUT2D eigenvalue weighted by Crippen LogP contribution is 2.27. The third-order valence-corrected chi connectivity index (χ3v) is 6.38. The second-order valence-electron chi connectivity index (χ2n) is 5.46. The first-order valence-corrected chi connectivity index (χ1v) is 9.19. The number of sulfonamides is 1. The molecule has 3 rings (SSSR count). The van der Waals surface area contributed by atoms with E-state index in [1.54, 1.807) is 48.5 Å². The van der Waals surface area contributed by atoms with Crippen molar-refractivity contribution in [2.75, 3.05) is 24.5 Å². The minimum Gasteiger partial charge on any atom is -0.308 e. The summed E-state index contributed by atoms with van der Waals surface area (Å²) >= 11 is 6.03. The van der Waals surface area contributed by atoms with E-state index in [1.807, 2.05) is 0 Å². The molecule has 1 aliphatic rings. The number of aromatic nitrogens is 1. The summed E-state index contributed by atoms with van der Waals surface area (Å²) in [6.45, 7) is 1.95. The van der Waals surface area contributed by atoms with Gasteiger partial charge in [-0.3, -0.25) is 9.78 Å². The molecule has 0 N–H and O–H groups in total. The van der Waals surface area contributed by atoms with Crippen LogP contribution in [0.1, 0.15) is 5.56 Å². The Bertz CT molecular complexity index is 871. The van der Waals surface area contributed by atoms with Crippen molar-refractivity contribution >= 4 is 33.2 Å². The topological polar surface area (TPSA) is 70.6 Å². The van der Waals surface area contributed by atoms with E-state index in [1.165, 1.54) is 10.4 Å². The van der Waals surface area contributed by atoms with Crippen LogP contribution in [0, 0.1) is 6.92 Å². The number of pyridine rings is 1. The maximum atomic E-state index is 12.8. The molecule has 0 saturated carbocycles. The van der Waals surface area contributed by atoms with Crippen molar-refractivity contribution in [2.24, 2.45) is 0 Å². The van der Waals surface area contributed by atoms with E-state index in [4.69, 9.17) is 11.6 Å². The van der Waals surface area contributed by atoms with Crippen LogP contribution in [0.2, 0.25) is 5.02 Å². The zero-order chi connectivity index (χ0) is 17.3. The standard InChI is InChI=1S/C16H16ClN3O3S/c1-12-14(17)5-2-6-15(12)24(22,23)19-8-9-20(16(21)11-19)13-4-3-7-18-10-13/h2-7,10H,8-9,11H2,1H3. The van der Waals surface area contributed by atoms with Gasteiger partial charge < -0.3 is 4.90 Å². The molecule has 1 amide bonds. The van der Waals surface area contributed by atoms with Gasteiger partial charge >= 0.3 is 0 Å². The van der Waals surface area contributed by atoms with E-state index >= 15 is 0 Å². The van der Waals surface area contributed by atoms with Gasteiger partial charge in [0.2, 0.25) is 15.9 Å². The Morgan fingerprint density at radius 3 is 2.62 bits per heavy atom. The van der Waals surface area contributed by atoms with Crippen LogP contribution in [0.5, 0.6) is 0 Å². The van der Waals surface area contributed by atoms with Crippen molar-refractivity contribution in [3.63, 3.8) is 0 Å². The number of nitrogens with zero attached hydrogens (tertiary/aromatic N) is 3. The fourth-order valence-electron chi connectivity index (χ4n) is 2.65. The van der Waals surface area contributed by atoms with E-state index in [0.29, 0.717) is 16.3 Å². The lowest BCUT2D eigenvalue weighted by Crippen LogP contribution is -2.52. The minimum absolute atomic E-state index is 0.137. The minimum atomic E-state index is -3.77. The average molecular weight is 366 g/mol. The van der Waals surface area contributed by atoms with Gasteiger partial charge in [0.25, 0.3) is 0 Å². The highest BCUT2D eigenvalue weighted by atomic mass is 35.5. The van der Waals surface area contributed by atoms with E-state index in [9.17, 15) is 13.2 Å². The third-order valence-electron chi connectivity index (χ3n) is 3.98. The summed E-state index contributed by atoms with van der Waals surface area (Å²) in [5.41, 5.74) is 1.15. The summed E-state index contributed by atoms with van der Waals surface area (Å²) in [7, 11) is -3.77. The molecule has 1 aliphatic heterocycles. The average Bonchev–Trinajstić information content (AvgIpc) is 2.58. The molecule has 0 spiro atoms. The highest BCUT2D eigenvalue weighted by Gasteiger charge is 2.34. The Kier molecular flexibility index (Phi) is 4.58. The maximum absolute atomic E-state index is 12.8. The summed E-state index contributed by atoms with van der Waals surface area (Å²) in [6, 6.07) is 8.25. The molecule has 0 aliphatic carbocycles. The van der Waals surface area contributed by atoms with Crippen LogP contribution in [-0.4, -0.2) is 43.2 Å². The Morgan fingerprint density at radius 2 is 1.96 bits per heavy atom. The van der Waals surface area contributed by atoms with E-state index in [2.05, 4.69) is 4.98 Å². The molecule has 1 aromatic carbocycles. The number of hydrogen-bond acceptors (Lipinski definition) is 4. The van der Waals surface area contributed by atoms with E-state index in [-0.39, 0.29) is 30.4 Å². The molecule has 0 atom stereocenters. The van der Waals surface area contributed by atoms with Crippen molar-refractivity contribution in [3.8, 4) is 0 Å². The first kappa shape index (κ1) is 16.9. The first-order chi connectivity index (χ1) is 11.4. The van der Waals surface area contributed by atoms with Gasteiger partial charge in [0, 0.05) is 24.3 Å². The third kappa shape index (κ3) is 3.02. The highest BCUT2D eigenvalue weighted by molar-refractivity contribution is 7.89. The molecule has 126 valence electrons. The normalized spacial score (nSPS) is 16.4. The van der Waals surface area contributed by atoms with Gasteiger partial charge in [-0.25, -0.2) is 8.42 Å². The van der Waals surface area contributed by atoms with Crippen LogP contribution in [0.25, 0.3) is 0 Å². The van der Waals surface area contributed by atoms with Gasteiger partial charge in [0.1, 0.15) is 0 Å². The molecule has 2 heterocycles. The van der Waals surface area contributed by atoms with Crippen molar-refractivity contribution in [1.29, 1.82) is 0 Å².